The van der Waals surface area contributed by atoms with Gasteiger partial charge in [-0.1, -0.05) is 13.8 Å². The lowest BCUT2D eigenvalue weighted by Crippen LogP contribution is -2.38. The van der Waals surface area contributed by atoms with Crippen molar-refractivity contribution in [1.82, 2.24) is 4.98 Å². The maximum absolute atomic E-state index is 5.81. The smallest absolute Gasteiger partial charge is 0.0402 e. The zero-order valence-electron chi connectivity index (χ0n) is 11.7. The summed E-state index contributed by atoms with van der Waals surface area (Å²) in [6.07, 6.45) is 0. The van der Waals surface area contributed by atoms with Crippen molar-refractivity contribution in [2.75, 3.05) is 24.5 Å². The van der Waals surface area contributed by atoms with E-state index in [1.165, 1.54) is 5.69 Å². The van der Waals surface area contributed by atoms with Crippen LogP contribution in [-0.2, 0) is 0 Å². The highest BCUT2D eigenvalue weighted by Crippen LogP contribution is 2.22. The van der Waals surface area contributed by atoms with E-state index in [0.717, 1.165) is 24.5 Å². The summed E-state index contributed by atoms with van der Waals surface area (Å²) >= 11 is 0. The van der Waals surface area contributed by atoms with Crippen LogP contribution in [0, 0.1) is 19.3 Å². The fraction of sp³-hybridized carbons (Fsp3) is 0.643. The SMILES string of the molecule is CCN(CC(C)(C)CN)c1cc(C)nc(C)c1. The number of nitrogens with zero attached hydrogens (tertiary/aromatic N) is 2. The van der Waals surface area contributed by atoms with Gasteiger partial charge >= 0.3 is 0 Å². The maximum Gasteiger partial charge on any atom is 0.0402 e. The molecule has 0 unspecified atom stereocenters. The molecule has 0 saturated heterocycles. The Morgan fingerprint density at radius 1 is 1.24 bits per heavy atom. The minimum atomic E-state index is 0.140. The van der Waals surface area contributed by atoms with Gasteiger partial charge in [0.15, 0.2) is 0 Å². The van der Waals surface area contributed by atoms with E-state index in [1.807, 2.05) is 13.8 Å². The van der Waals surface area contributed by atoms with Crippen LogP contribution in [0.5, 0.6) is 0 Å². The molecule has 0 fully saturated rings. The van der Waals surface area contributed by atoms with Crippen LogP contribution in [0.4, 0.5) is 5.69 Å². The van der Waals surface area contributed by atoms with E-state index in [9.17, 15) is 0 Å². The van der Waals surface area contributed by atoms with Crippen molar-refractivity contribution in [2.45, 2.75) is 34.6 Å². The first-order valence-electron chi connectivity index (χ1n) is 6.28. The van der Waals surface area contributed by atoms with Gasteiger partial charge in [0.25, 0.3) is 0 Å². The number of hydrogen-bond acceptors (Lipinski definition) is 3. The zero-order valence-corrected chi connectivity index (χ0v) is 11.7. The average Bonchev–Trinajstić information content (AvgIpc) is 2.24. The second-order valence-electron chi connectivity index (χ2n) is 5.49. The number of nitrogens with two attached hydrogens (primary N) is 1. The lowest BCUT2D eigenvalue weighted by molar-refractivity contribution is 0.379. The molecule has 0 spiro atoms. The summed E-state index contributed by atoms with van der Waals surface area (Å²) in [5.41, 5.74) is 9.34. The average molecular weight is 235 g/mol. The fourth-order valence-electron chi connectivity index (χ4n) is 1.96. The molecular weight excluding hydrogens is 210 g/mol. The molecule has 17 heavy (non-hydrogen) atoms. The highest BCUT2D eigenvalue weighted by molar-refractivity contribution is 5.48. The first-order valence-corrected chi connectivity index (χ1v) is 6.28. The molecule has 1 aromatic rings. The van der Waals surface area contributed by atoms with E-state index < -0.39 is 0 Å². The van der Waals surface area contributed by atoms with Crippen LogP contribution in [-0.4, -0.2) is 24.6 Å². The summed E-state index contributed by atoms with van der Waals surface area (Å²) in [4.78, 5) is 6.79. The van der Waals surface area contributed by atoms with Crippen molar-refractivity contribution in [3.63, 3.8) is 0 Å². The van der Waals surface area contributed by atoms with Gasteiger partial charge in [0.05, 0.1) is 0 Å². The molecule has 2 N–H and O–H groups in total. The summed E-state index contributed by atoms with van der Waals surface area (Å²) in [6, 6.07) is 4.28. The molecule has 0 bridgehead atoms. The highest BCUT2D eigenvalue weighted by Gasteiger charge is 2.20. The van der Waals surface area contributed by atoms with E-state index in [-0.39, 0.29) is 5.41 Å². The van der Waals surface area contributed by atoms with E-state index in [1.54, 1.807) is 0 Å². The third kappa shape index (κ3) is 4.00. The van der Waals surface area contributed by atoms with Gasteiger partial charge in [0.1, 0.15) is 0 Å². The molecule has 0 radical (unpaired) electrons. The topological polar surface area (TPSA) is 42.1 Å². The van der Waals surface area contributed by atoms with Gasteiger partial charge in [-0.2, -0.15) is 0 Å². The number of aryl methyl sites for hydroxylation is 2. The molecule has 3 heteroatoms. The van der Waals surface area contributed by atoms with Gasteiger partial charge in [0.2, 0.25) is 0 Å². The fourth-order valence-corrected chi connectivity index (χ4v) is 1.96. The molecule has 0 amide bonds. The number of anilines is 1. The van der Waals surface area contributed by atoms with Gasteiger partial charge in [-0.05, 0) is 44.9 Å². The molecular formula is C14H25N3. The molecule has 0 aromatic carbocycles. The lowest BCUT2D eigenvalue weighted by atomic mass is 9.93. The first-order chi connectivity index (χ1) is 7.88. The van der Waals surface area contributed by atoms with Crippen LogP contribution in [0.2, 0.25) is 0 Å². The third-order valence-corrected chi connectivity index (χ3v) is 2.98. The molecule has 1 rings (SSSR count). The predicted octanol–water partition coefficient (Wildman–Crippen LogP) is 2.51. The highest BCUT2D eigenvalue weighted by atomic mass is 15.1. The minimum absolute atomic E-state index is 0.140. The molecule has 1 aromatic heterocycles. The zero-order chi connectivity index (χ0) is 13.1. The standard InChI is InChI=1S/C14H25N3/c1-6-17(10-14(4,5)9-15)13-7-11(2)16-12(3)8-13/h7-8H,6,9-10,15H2,1-5H3. The van der Waals surface area contributed by atoms with Gasteiger partial charge < -0.3 is 10.6 Å². The van der Waals surface area contributed by atoms with Crippen molar-refractivity contribution in [2.24, 2.45) is 11.1 Å². The van der Waals surface area contributed by atoms with Crippen molar-refractivity contribution in [3.8, 4) is 0 Å². The second-order valence-corrected chi connectivity index (χ2v) is 5.49. The molecule has 0 saturated carbocycles. The normalized spacial score (nSPS) is 11.6. The van der Waals surface area contributed by atoms with Crippen LogP contribution >= 0.6 is 0 Å². The number of hydrogen-bond donors (Lipinski definition) is 1. The number of aromatic nitrogens is 1. The van der Waals surface area contributed by atoms with E-state index in [4.69, 9.17) is 5.73 Å². The summed E-state index contributed by atoms with van der Waals surface area (Å²) in [5, 5.41) is 0. The quantitative estimate of drug-likeness (QED) is 0.852. The van der Waals surface area contributed by atoms with Crippen molar-refractivity contribution >= 4 is 5.69 Å². The Morgan fingerprint density at radius 3 is 2.18 bits per heavy atom. The molecule has 3 nitrogen and oxygen atoms in total. The molecule has 0 aliphatic carbocycles. The van der Waals surface area contributed by atoms with E-state index in [2.05, 4.69) is 42.8 Å². The van der Waals surface area contributed by atoms with E-state index >= 15 is 0 Å². The summed E-state index contributed by atoms with van der Waals surface area (Å²) in [5.74, 6) is 0. The van der Waals surface area contributed by atoms with Gasteiger partial charge in [-0.25, -0.2) is 0 Å². The largest absolute Gasteiger partial charge is 0.371 e. The Morgan fingerprint density at radius 2 is 1.76 bits per heavy atom. The monoisotopic (exact) mass is 235 g/mol. The lowest BCUT2D eigenvalue weighted by Gasteiger charge is -2.33. The van der Waals surface area contributed by atoms with Crippen LogP contribution in [0.15, 0.2) is 12.1 Å². The number of pyridine rings is 1. The van der Waals surface area contributed by atoms with Crippen LogP contribution in [0.1, 0.15) is 32.2 Å². The van der Waals surface area contributed by atoms with Gasteiger partial charge in [-0.15, -0.1) is 0 Å². The van der Waals surface area contributed by atoms with Crippen LogP contribution in [0.25, 0.3) is 0 Å². The van der Waals surface area contributed by atoms with Crippen LogP contribution in [0.3, 0.4) is 0 Å². The summed E-state index contributed by atoms with van der Waals surface area (Å²) in [7, 11) is 0. The summed E-state index contributed by atoms with van der Waals surface area (Å²) in [6.45, 7) is 13.3. The molecule has 96 valence electrons. The molecule has 0 atom stereocenters. The van der Waals surface area contributed by atoms with Crippen molar-refractivity contribution < 1.29 is 0 Å². The molecule has 0 aliphatic rings. The Bertz CT molecular complexity index is 351. The third-order valence-electron chi connectivity index (χ3n) is 2.98. The molecule has 0 aliphatic heterocycles. The molecule has 1 heterocycles. The predicted molar refractivity (Wildman–Crippen MR) is 74.4 cm³/mol. The van der Waals surface area contributed by atoms with Crippen molar-refractivity contribution in [1.29, 1.82) is 0 Å². The van der Waals surface area contributed by atoms with Crippen molar-refractivity contribution in [3.05, 3.63) is 23.5 Å². The van der Waals surface area contributed by atoms with Gasteiger partial charge in [0, 0.05) is 30.2 Å². The Hall–Kier alpha value is -1.09. The minimum Gasteiger partial charge on any atom is -0.371 e. The maximum atomic E-state index is 5.81. The van der Waals surface area contributed by atoms with Gasteiger partial charge in [-0.3, -0.25) is 4.98 Å². The van der Waals surface area contributed by atoms with E-state index in [0.29, 0.717) is 6.54 Å². The van der Waals surface area contributed by atoms with Crippen LogP contribution < -0.4 is 10.6 Å². The Labute approximate surface area is 105 Å². The Balaban J connectivity index is 2.93. The second kappa shape index (κ2) is 5.50. The number of rotatable bonds is 5. The Kier molecular flexibility index (Phi) is 4.52. The summed E-state index contributed by atoms with van der Waals surface area (Å²) < 4.78 is 0. The first kappa shape index (κ1) is 14.0.